The lowest BCUT2D eigenvalue weighted by Gasteiger charge is -2.26. The zero-order chi connectivity index (χ0) is 45.0. The van der Waals surface area contributed by atoms with Gasteiger partial charge in [-0.1, -0.05) is 45.0 Å². The summed E-state index contributed by atoms with van der Waals surface area (Å²) in [4.78, 5) is 42.6. The quantitative estimate of drug-likeness (QED) is 0.0357. The molecule has 1 heterocycles. The molecule has 0 saturated carbocycles. The number of hydrogen-bond acceptors (Lipinski definition) is 17. The lowest BCUT2D eigenvalue weighted by Crippen LogP contribution is -2.31. The van der Waals surface area contributed by atoms with E-state index in [1.807, 2.05) is 20.8 Å². The molecule has 330 valence electrons. The van der Waals surface area contributed by atoms with Crippen LogP contribution in [0.5, 0.6) is 11.5 Å². The van der Waals surface area contributed by atoms with E-state index in [9.17, 15) is 31.6 Å². The summed E-state index contributed by atoms with van der Waals surface area (Å²) in [5.74, 6) is -0.444. The molecular formula is C39H49N7O11S4. The molecule has 0 fully saturated rings. The van der Waals surface area contributed by atoms with Gasteiger partial charge < -0.3 is 28.8 Å². The first-order valence-electron chi connectivity index (χ1n) is 18.6. The summed E-state index contributed by atoms with van der Waals surface area (Å²) >= 11 is 2.24. The van der Waals surface area contributed by atoms with E-state index < -0.39 is 49.3 Å². The first-order valence-corrected chi connectivity index (χ1v) is 24.1. The van der Waals surface area contributed by atoms with E-state index in [4.69, 9.17) is 23.7 Å². The van der Waals surface area contributed by atoms with Crippen LogP contribution in [-0.2, 0) is 55.1 Å². The molecule has 0 aliphatic carbocycles. The number of benzene rings is 3. The van der Waals surface area contributed by atoms with Gasteiger partial charge in [-0.2, -0.15) is 9.36 Å². The Kier molecular flexibility index (Phi) is 16.8. The molecule has 4 rings (SSSR count). The Balaban J connectivity index is 1.56. The molecular weight excluding hydrogens is 871 g/mol. The minimum atomic E-state index is -3.73. The highest BCUT2D eigenvalue weighted by atomic mass is 32.2. The Morgan fingerprint density at radius 2 is 1.67 bits per heavy atom. The van der Waals surface area contributed by atoms with Crippen LogP contribution in [0.3, 0.4) is 0 Å². The van der Waals surface area contributed by atoms with Crippen molar-refractivity contribution in [1.82, 2.24) is 9.36 Å². The second-order valence-electron chi connectivity index (χ2n) is 15.1. The molecule has 0 aliphatic heterocycles. The van der Waals surface area contributed by atoms with Gasteiger partial charge in [-0.05, 0) is 68.1 Å². The number of carbonyl (C=O) groups is 3. The van der Waals surface area contributed by atoms with Gasteiger partial charge in [-0.3, -0.25) is 19.1 Å². The molecule has 61 heavy (non-hydrogen) atoms. The highest BCUT2D eigenvalue weighted by Crippen LogP contribution is 2.41. The summed E-state index contributed by atoms with van der Waals surface area (Å²) in [6, 6.07) is 16.0. The van der Waals surface area contributed by atoms with Gasteiger partial charge >= 0.3 is 11.9 Å². The van der Waals surface area contributed by atoms with Crippen LogP contribution in [0.2, 0.25) is 0 Å². The van der Waals surface area contributed by atoms with Gasteiger partial charge in [0, 0.05) is 34.1 Å². The predicted octanol–water partition coefficient (Wildman–Crippen LogP) is 7.57. The fourth-order valence-electron chi connectivity index (χ4n) is 5.25. The third-order valence-corrected chi connectivity index (χ3v) is 11.3. The zero-order valence-corrected chi connectivity index (χ0v) is 37.9. The Hall–Kier alpha value is -5.16. The smallest absolute Gasteiger partial charge is 0.315 e. The number of esters is 2. The lowest BCUT2D eigenvalue weighted by molar-refractivity contribution is -0.153. The van der Waals surface area contributed by atoms with Crippen LogP contribution < -0.4 is 19.5 Å². The van der Waals surface area contributed by atoms with Crippen LogP contribution in [0.1, 0.15) is 52.7 Å². The predicted molar refractivity (Wildman–Crippen MR) is 235 cm³/mol. The Morgan fingerprint density at radius 3 is 2.33 bits per heavy atom. The van der Waals surface area contributed by atoms with E-state index in [2.05, 4.69) is 29.6 Å². The molecule has 0 saturated heterocycles. The molecule has 1 aromatic heterocycles. The number of hydrogen-bond donors (Lipinski definition) is 4. The van der Waals surface area contributed by atoms with E-state index in [0.29, 0.717) is 45.4 Å². The molecule has 4 aromatic rings. The van der Waals surface area contributed by atoms with Crippen molar-refractivity contribution in [3.63, 3.8) is 0 Å². The van der Waals surface area contributed by atoms with Crippen molar-refractivity contribution in [2.45, 2.75) is 52.7 Å². The van der Waals surface area contributed by atoms with Gasteiger partial charge in [0.2, 0.25) is 15.2 Å². The molecule has 18 nitrogen and oxygen atoms in total. The van der Waals surface area contributed by atoms with Crippen molar-refractivity contribution < 1.29 is 50.5 Å². The number of azo groups is 1. The van der Waals surface area contributed by atoms with Gasteiger partial charge in [-0.15, -0.1) is 22.0 Å². The fourth-order valence-corrected chi connectivity index (χ4v) is 7.95. The van der Waals surface area contributed by atoms with Crippen LogP contribution >= 0.6 is 23.3 Å². The van der Waals surface area contributed by atoms with Crippen molar-refractivity contribution in [3.8, 4) is 22.9 Å². The van der Waals surface area contributed by atoms with Gasteiger partial charge in [0.25, 0.3) is 5.91 Å². The molecule has 0 radical (unpaired) electrons. The van der Waals surface area contributed by atoms with E-state index in [0.717, 1.165) is 17.8 Å². The van der Waals surface area contributed by atoms with E-state index in [-0.39, 0.29) is 53.9 Å². The highest BCUT2D eigenvalue weighted by Gasteiger charge is 2.30. The maximum absolute atomic E-state index is 13.4. The van der Waals surface area contributed by atoms with E-state index in [1.54, 1.807) is 57.2 Å². The Labute approximate surface area is 363 Å². The number of nitrogens with zero attached hydrogens (tertiary/aromatic N) is 4. The maximum Gasteiger partial charge on any atom is 0.315 e. The second-order valence-corrected chi connectivity index (χ2v) is 20.1. The van der Waals surface area contributed by atoms with Gasteiger partial charge in [-0.25, -0.2) is 17.4 Å². The lowest BCUT2D eigenvalue weighted by atomic mass is 9.85. The van der Waals surface area contributed by atoms with Crippen LogP contribution in [0.15, 0.2) is 70.9 Å². The summed E-state index contributed by atoms with van der Waals surface area (Å²) in [6.07, 6.45) is 1.05. The van der Waals surface area contributed by atoms with Crippen LogP contribution in [0.25, 0.3) is 11.4 Å². The summed E-state index contributed by atoms with van der Waals surface area (Å²) in [5.41, 5.74) is 1.02. The minimum absolute atomic E-state index is 0.0829. The van der Waals surface area contributed by atoms with Gasteiger partial charge in [0.05, 0.1) is 41.2 Å². The number of amides is 1. The molecule has 3 aromatic carbocycles. The molecule has 0 bridgehead atoms. The standard InChI is InChI=1S/C39H49N7O11S4/c1-8-54-33(48)22-58-24-39(5,6)36(49)56-17-16-55-34-30(38(2,3)4)19-28(20-31(34)41-32(47)21-57-29-14-12-25(13-15-29)23-61(40,52)53)43-44-37-42-35(45-59-37)26-10-9-11-27(18-26)46-60(7,50)51/h9-15,18-20,46H,8,16-17,21-24H2,1-7H3,(H,41,47)(H2,40,52,53). The van der Waals surface area contributed by atoms with E-state index in [1.165, 1.54) is 36.0 Å². The SMILES string of the molecule is CCOC(=O)CSCC(C)(C)C(=O)OCCOc1c(NC(=O)COc2ccc(CS(=N)(=O)O)cc2)cc(N=Nc2nc(-c3cccc(NS(C)(=O)=O)c3)ns2)cc1C(C)(C)C. The van der Waals surface area contributed by atoms with Crippen LogP contribution in [-0.4, -0.2) is 88.6 Å². The Bertz CT molecular complexity index is 2430. The maximum atomic E-state index is 13.4. The molecule has 0 spiro atoms. The summed E-state index contributed by atoms with van der Waals surface area (Å²) in [6.45, 7) is 10.6. The summed E-state index contributed by atoms with van der Waals surface area (Å²) in [5, 5.41) is 11.7. The number of rotatable bonds is 21. The first kappa shape index (κ1) is 48.5. The number of nitrogens with one attached hydrogen (secondary N) is 3. The molecule has 1 amide bonds. The van der Waals surface area contributed by atoms with Crippen LogP contribution in [0, 0.1) is 10.2 Å². The van der Waals surface area contributed by atoms with Crippen molar-refractivity contribution in [1.29, 1.82) is 4.78 Å². The van der Waals surface area contributed by atoms with Gasteiger partial charge in [0.15, 0.2) is 22.4 Å². The third-order valence-electron chi connectivity index (χ3n) is 8.01. The number of ether oxygens (including phenoxy) is 4. The zero-order valence-electron chi connectivity index (χ0n) is 34.7. The number of thioether (sulfide) groups is 1. The van der Waals surface area contributed by atoms with Crippen LogP contribution in [0.4, 0.5) is 22.2 Å². The average molecular weight is 920 g/mol. The molecule has 4 N–H and O–H groups in total. The Morgan fingerprint density at radius 1 is 0.951 bits per heavy atom. The number of anilines is 2. The number of carbonyl (C=O) groups excluding carboxylic acids is 3. The summed E-state index contributed by atoms with van der Waals surface area (Å²) < 4.78 is 80.7. The van der Waals surface area contributed by atoms with Crippen molar-refractivity contribution in [2.75, 3.05) is 54.2 Å². The van der Waals surface area contributed by atoms with E-state index >= 15 is 0 Å². The molecule has 22 heteroatoms. The first-order chi connectivity index (χ1) is 28.5. The third kappa shape index (κ3) is 16.3. The van der Waals surface area contributed by atoms with Crippen molar-refractivity contribution in [2.24, 2.45) is 15.6 Å². The number of aromatic nitrogens is 2. The normalized spacial score (nSPS) is 13.0. The monoisotopic (exact) mass is 919 g/mol. The van der Waals surface area contributed by atoms with Gasteiger partial charge in [0.1, 0.15) is 24.7 Å². The van der Waals surface area contributed by atoms with Crippen molar-refractivity contribution >= 4 is 83.4 Å². The minimum Gasteiger partial charge on any atom is -0.488 e. The molecule has 0 aliphatic rings. The highest BCUT2D eigenvalue weighted by molar-refractivity contribution is 8.00. The van der Waals surface area contributed by atoms with Crippen molar-refractivity contribution in [3.05, 3.63) is 71.8 Å². The average Bonchev–Trinajstić information content (AvgIpc) is 3.63. The summed E-state index contributed by atoms with van der Waals surface area (Å²) in [7, 11) is -7.23. The largest absolute Gasteiger partial charge is 0.488 e. The molecule has 1 atom stereocenters. The topological polar surface area (TPSA) is 258 Å². The second kappa shape index (κ2) is 21.1. The number of sulfonamides is 1. The molecule has 1 unspecified atom stereocenters. The fraction of sp³-hybridized carbons (Fsp3) is 0.410.